The highest BCUT2D eigenvalue weighted by Gasteiger charge is 2.18. The molecule has 0 atom stereocenters. The van der Waals surface area contributed by atoms with Gasteiger partial charge in [-0.3, -0.25) is 0 Å². The first-order valence-electron chi connectivity index (χ1n) is 7.29. The maximum Gasteiger partial charge on any atom is 0.228 e. The van der Waals surface area contributed by atoms with E-state index in [1.165, 1.54) is 6.33 Å². The monoisotopic (exact) mass is 298 g/mol. The van der Waals surface area contributed by atoms with E-state index in [1.807, 2.05) is 10.7 Å². The maximum atomic E-state index is 9.72. The second-order valence-electron chi connectivity index (χ2n) is 5.06. The highest BCUT2D eigenvalue weighted by atomic mass is 16.5. The van der Waals surface area contributed by atoms with Crippen molar-refractivity contribution < 1.29 is 9.84 Å². The molecule has 0 aliphatic rings. The number of aromatic hydroxyl groups is 1. The summed E-state index contributed by atoms with van der Waals surface area (Å²) in [7, 11) is 1.58. The predicted molar refractivity (Wildman–Crippen MR) is 83.9 cm³/mol. The van der Waals surface area contributed by atoms with Crippen LogP contribution in [0.3, 0.4) is 0 Å². The number of benzene rings is 1. The molecule has 0 fully saturated rings. The van der Waals surface area contributed by atoms with Gasteiger partial charge in [0.25, 0.3) is 0 Å². The molecular formula is C16H18N4O2. The van der Waals surface area contributed by atoms with Gasteiger partial charge in [-0.2, -0.15) is 5.10 Å². The third-order valence-electron chi connectivity index (χ3n) is 3.53. The number of fused-ring (bicyclic) bond motifs is 1. The molecule has 0 unspecified atom stereocenters. The van der Waals surface area contributed by atoms with Gasteiger partial charge in [-0.1, -0.05) is 25.5 Å². The summed E-state index contributed by atoms with van der Waals surface area (Å²) in [5.74, 6) is 0.690. The molecule has 0 amide bonds. The first-order valence-corrected chi connectivity index (χ1v) is 7.29. The van der Waals surface area contributed by atoms with Gasteiger partial charge in [0, 0.05) is 12.1 Å². The summed E-state index contributed by atoms with van der Waals surface area (Å²) in [6, 6.07) is 7.00. The summed E-state index contributed by atoms with van der Waals surface area (Å²) in [4.78, 5) is 8.54. The smallest absolute Gasteiger partial charge is 0.228 e. The Labute approximate surface area is 128 Å². The van der Waals surface area contributed by atoms with Gasteiger partial charge in [0.05, 0.1) is 7.11 Å². The summed E-state index contributed by atoms with van der Waals surface area (Å²) >= 11 is 0. The van der Waals surface area contributed by atoms with Gasteiger partial charge in [0.15, 0.2) is 5.65 Å². The zero-order valence-electron chi connectivity index (χ0n) is 12.7. The van der Waals surface area contributed by atoms with E-state index in [2.05, 4.69) is 22.0 Å². The second-order valence-corrected chi connectivity index (χ2v) is 5.06. The number of rotatable bonds is 5. The number of methoxy groups -OCH3 is 1. The minimum absolute atomic E-state index is 0.199. The van der Waals surface area contributed by atoms with Crippen LogP contribution in [-0.4, -0.2) is 32.0 Å². The number of unbranched alkanes of at least 4 members (excludes halogenated alkanes) is 1. The molecule has 1 aromatic carbocycles. The van der Waals surface area contributed by atoms with E-state index in [9.17, 15) is 5.11 Å². The van der Waals surface area contributed by atoms with Gasteiger partial charge in [-0.15, -0.1) is 0 Å². The van der Waals surface area contributed by atoms with Crippen molar-refractivity contribution in [2.45, 2.75) is 26.3 Å². The number of hydrogen-bond acceptors (Lipinski definition) is 5. The van der Waals surface area contributed by atoms with Crippen LogP contribution in [0.25, 0.3) is 22.3 Å². The molecule has 0 aliphatic heterocycles. The molecule has 1 N–H and O–H groups in total. The zero-order chi connectivity index (χ0) is 15.5. The topological polar surface area (TPSA) is 73.1 Å². The van der Waals surface area contributed by atoms with E-state index in [4.69, 9.17) is 4.74 Å². The van der Waals surface area contributed by atoms with Gasteiger partial charge >= 0.3 is 0 Å². The molecule has 0 radical (unpaired) electrons. The van der Waals surface area contributed by atoms with Gasteiger partial charge in [-0.25, -0.2) is 14.6 Å². The van der Waals surface area contributed by atoms with E-state index in [-0.39, 0.29) is 5.75 Å². The molecule has 114 valence electrons. The van der Waals surface area contributed by atoms with Crippen LogP contribution < -0.4 is 4.74 Å². The van der Waals surface area contributed by atoms with Crippen LogP contribution in [0.1, 0.15) is 19.8 Å². The summed E-state index contributed by atoms with van der Waals surface area (Å²) in [5, 5.41) is 15.2. The molecular weight excluding hydrogens is 280 g/mol. The Bertz CT molecular complexity index is 798. The minimum atomic E-state index is 0.199. The van der Waals surface area contributed by atoms with Crippen LogP contribution in [0.15, 0.2) is 30.6 Å². The minimum Gasteiger partial charge on any atom is -0.508 e. The van der Waals surface area contributed by atoms with Crippen molar-refractivity contribution in [3.63, 3.8) is 0 Å². The molecule has 2 heterocycles. The van der Waals surface area contributed by atoms with Crippen LogP contribution in [0, 0.1) is 0 Å². The second kappa shape index (κ2) is 6.01. The lowest BCUT2D eigenvalue weighted by Crippen LogP contribution is -2.01. The number of nitrogens with zero attached hydrogens (tertiary/aromatic N) is 4. The molecule has 6 heteroatoms. The van der Waals surface area contributed by atoms with E-state index >= 15 is 0 Å². The molecule has 0 aliphatic carbocycles. The molecule has 2 aromatic heterocycles. The first kappa shape index (κ1) is 14.3. The molecule has 0 bridgehead atoms. The van der Waals surface area contributed by atoms with E-state index in [0.717, 1.165) is 41.7 Å². The number of ether oxygens (including phenoxy) is 1. The van der Waals surface area contributed by atoms with Crippen LogP contribution >= 0.6 is 0 Å². The molecule has 0 saturated heterocycles. The van der Waals surface area contributed by atoms with Crippen LogP contribution in [0.2, 0.25) is 0 Å². The number of phenolic OH excluding ortho intramolecular Hbond substituents is 1. The average molecular weight is 298 g/mol. The average Bonchev–Trinajstić information content (AvgIpc) is 2.92. The first-order chi connectivity index (χ1) is 10.7. The lowest BCUT2D eigenvalue weighted by molar-refractivity contribution is 0.402. The fourth-order valence-corrected chi connectivity index (χ4v) is 2.46. The Morgan fingerprint density at radius 3 is 2.86 bits per heavy atom. The zero-order valence-corrected chi connectivity index (χ0v) is 12.7. The fraction of sp³-hybridized carbons (Fsp3) is 0.312. The highest BCUT2D eigenvalue weighted by molar-refractivity contribution is 5.95. The Morgan fingerprint density at radius 1 is 1.27 bits per heavy atom. The summed E-state index contributed by atoms with van der Waals surface area (Å²) in [6.07, 6.45) is 3.57. The molecule has 22 heavy (non-hydrogen) atoms. The van der Waals surface area contributed by atoms with Crippen LogP contribution in [-0.2, 0) is 6.54 Å². The van der Waals surface area contributed by atoms with Crippen molar-refractivity contribution in [2.75, 3.05) is 7.11 Å². The number of hydrogen-bond donors (Lipinski definition) is 1. The lowest BCUT2D eigenvalue weighted by Gasteiger charge is -2.02. The molecule has 6 nitrogen and oxygen atoms in total. The Hall–Kier alpha value is -2.63. The standard InChI is InChI=1S/C16H18N4O2/c1-3-4-8-20-15-13(16(22-2)18-10-17-15)14(19-20)11-6-5-7-12(21)9-11/h5-7,9-10,21H,3-4,8H2,1-2H3. The van der Waals surface area contributed by atoms with Gasteiger partial charge in [-0.05, 0) is 18.6 Å². The summed E-state index contributed by atoms with van der Waals surface area (Å²) in [6.45, 7) is 2.92. The molecule has 0 saturated carbocycles. The van der Waals surface area contributed by atoms with Crippen molar-refractivity contribution in [2.24, 2.45) is 0 Å². The molecule has 0 spiro atoms. The van der Waals surface area contributed by atoms with Gasteiger partial charge in [0.1, 0.15) is 23.2 Å². The number of phenols is 1. The third-order valence-corrected chi connectivity index (χ3v) is 3.53. The SMILES string of the molecule is CCCCn1nc(-c2cccc(O)c2)c2c(OC)ncnc21. The lowest BCUT2D eigenvalue weighted by atomic mass is 10.1. The normalized spacial score (nSPS) is 11.0. The number of aryl methyl sites for hydroxylation is 1. The largest absolute Gasteiger partial charge is 0.508 e. The Balaban J connectivity index is 2.24. The Morgan fingerprint density at radius 2 is 2.14 bits per heavy atom. The number of aromatic nitrogens is 4. The molecule has 3 rings (SSSR count). The Kier molecular flexibility index (Phi) is 3.91. The van der Waals surface area contributed by atoms with Crippen molar-refractivity contribution in [1.29, 1.82) is 0 Å². The highest BCUT2D eigenvalue weighted by Crippen LogP contribution is 2.33. The maximum absolute atomic E-state index is 9.72. The van der Waals surface area contributed by atoms with Crippen molar-refractivity contribution >= 4 is 11.0 Å². The van der Waals surface area contributed by atoms with Gasteiger partial charge in [0.2, 0.25) is 5.88 Å². The summed E-state index contributed by atoms with van der Waals surface area (Å²) in [5.41, 5.74) is 2.28. The van der Waals surface area contributed by atoms with Crippen molar-refractivity contribution in [3.8, 4) is 22.9 Å². The van der Waals surface area contributed by atoms with E-state index < -0.39 is 0 Å². The molecule has 3 aromatic rings. The third kappa shape index (κ3) is 2.47. The fourth-order valence-electron chi connectivity index (χ4n) is 2.46. The van der Waals surface area contributed by atoms with Crippen molar-refractivity contribution in [1.82, 2.24) is 19.7 Å². The van der Waals surface area contributed by atoms with Crippen molar-refractivity contribution in [3.05, 3.63) is 30.6 Å². The van der Waals surface area contributed by atoms with Crippen LogP contribution in [0.4, 0.5) is 0 Å². The summed E-state index contributed by atoms with van der Waals surface area (Å²) < 4.78 is 7.25. The van der Waals surface area contributed by atoms with E-state index in [0.29, 0.717) is 5.88 Å². The van der Waals surface area contributed by atoms with Crippen LogP contribution in [0.5, 0.6) is 11.6 Å². The predicted octanol–water partition coefficient (Wildman–Crippen LogP) is 3.01. The van der Waals surface area contributed by atoms with Gasteiger partial charge < -0.3 is 9.84 Å². The quantitative estimate of drug-likeness (QED) is 0.784. The van der Waals surface area contributed by atoms with E-state index in [1.54, 1.807) is 25.3 Å².